The maximum absolute atomic E-state index is 12.0. The highest BCUT2D eigenvalue weighted by Crippen LogP contribution is 2.31. The van der Waals surface area contributed by atoms with Gasteiger partial charge in [-0.25, -0.2) is 4.79 Å². The van der Waals surface area contributed by atoms with E-state index in [1.165, 1.54) is 24.6 Å². The molecule has 23 heavy (non-hydrogen) atoms. The number of hydrogen-bond acceptors (Lipinski definition) is 8. The maximum atomic E-state index is 12.0. The molecule has 0 bridgehead atoms. The number of rotatable bonds is 4. The molecule has 9 nitrogen and oxygen atoms in total. The lowest BCUT2D eigenvalue weighted by Gasteiger charge is -2.20. The fraction of sp³-hybridized carbons (Fsp3) is 0.538. The number of nitrogens with zero attached hydrogens (tertiary/aromatic N) is 2. The Morgan fingerprint density at radius 3 is 2.78 bits per heavy atom. The van der Waals surface area contributed by atoms with Crippen LogP contribution >= 0.6 is 22.6 Å². The van der Waals surface area contributed by atoms with Crippen molar-refractivity contribution in [3.63, 3.8) is 0 Å². The van der Waals surface area contributed by atoms with E-state index in [-0.39, 0.29) is 12.4 Å². The van der Waals surface area contributed by atoms with Crippen LogP contribution < -0.4 is 11.4 Å². The highest BCUT2D eigenvalue weighted by atomic mass is 127. The van der Waals surface area contributed by atoms with Crippen LogP contribution in [0.2, 0.25) is 0 Å². The number of carbonyl (C=O) groups excluding carboxylic acids is 2. The topological polar surface area (TPSA) is 123 Å². The second-order valence-electron chi connectivity index (χ2n) is 5.00. The normalized spacial score (nSPS) is 23.5. The van der Waals surface area contributed by atoms with Gasteiger partial charge in [0, 0.05) is 26.5 Å². The van der Waals surface area contributed by atoms with Crippen LogP contribution in [0.3, 0.4) is 0 Å². The number of ether oxygens (including phenoxy) is 3. The van der Waals surface area contributed by atoms with E-state index in [2.05, 4.69) is 4.98 Å². The molecule has 0 aromatic carbocycles. The van der Waals surface area contributed by atoms with Crippen molar-refractivity contribution < 1.29 is 23.8 Å². The lowest BCUT2D eigenvalue weighted by Crippen LogP contribution is -2.34. The van der Waals surface area contributed by atoms with Crippen LogP contribution in [0.1, 0.15) is 26.5 Å². The third kappa shape index (κ3) is 4.41. The van der Waals surface area contributed by atoms with E-state index in [0.717, 1.165) is 0 Å². The number of anilines is 1. The van der Waals surface area contributed by atoms with Crippen molar-refractivity contribution in [3.8, 4) is 0 Å². The first-order valence-electron chi connectivity index (χ1n) is 6.78. The predicted molar refractivity (Wildman–Crippen MR) is 86.3 cm³/mol. The Kier molecular flexibility index (Phi) is 5.57. The SMILES string of the molecule is CC(=O)OC[C@@H]1C[C@@H](OC(C)=O)[C@H](n2cc(I)c(N)nc2=O)O1. The minimum absolute atomic E-state index is 0.0117. The smallest absolute Gasteiger partial charge is 0.351 e. The Hall–Kier alpha value is -1.69. The molecule has 1 aromatic heterocycles. The number of nitrogen functional groups attached to an aromatic ring is 1. The molecular formula is C13H16IN3O6. The van der Waals surface area contributed by atoms with Gasteiger partial charge in [0.05, 0.1) is 9.67 Å². The largest absolute Gasteiger partial charge is 0.463 e. The van der Waals surface area contributed by atoms with Crippen LogP contribution in [0.4, 0.5) is 5.82 Å². The quantitative estimate of drug-likeness (QED) is 0.524. The molecule has 1 aromatic rings. The van der Waals surface area contributed by atoms with Gasteiger partial charge in [-0.1, -0.05) is 0 Å². The average molecular weight is 437 g/mol. The molecule has 3 atom stereocenters. The predicted octanol–water partition coefficient (Wildman–Crippen LogP) is 0.212. The number of esters is 2. The van der Waals surface area contributed by atoms with Crippen molar-refractivity contribution in [2.75, 3.05) is 12.3 Å². The molecule has 1 aliphatic rings. The standard InChI is InChI=1S/C13H16IN3O6/c1-6(18)21-5-8-3-10(22-7(2)19)12(23-8)17-4-9(14)11(15)16-13(17)20/h4,8,10,12H,3,5H2,1-2H3,(H2,15,16,20)/t8-,10+,12+/m0/s1. The summed E-state index contributed by atoms with van der Waals surface area (Å²) in [5.41, 5.74) is 4.98. The highest BCUT2D eigenvalue weighted by Gasteiger charge is 2.40. The van der Waals surface area contributed by atoms with Gasteiger partial charge in [0.15, 0.2) is 6.23 Å². The Labute approximate surface area is 145 Å². The van der Waals surface area contributed by atoms with Crippen molar-refractivity contribution in [1.82, 2.24) is 9.55 Å². The molecule has 2 heterocycles. The van der Waals surface area contributed by atoms with Crippen molar-refractivity contribution >= 4 is 40.3 Å². The summed E-state index contributed by atoms with van der Waals surface area (Å²) < 4.78 is 17.6. The number of nitrogens with two attached hydrogens (primary N) is 1. The molecule has 0 radical (unpaired) electrons. The Morgan fingerprint density at radius 2 is 2.17 bits per heavy atom. The van der Waals surface area contributed by atoms with Gasteiger partial charge < -0.3 is 19.9 Å². The van der Waals surface area contributed by atoms with E-state index < -0.39 is 36.1 Å². The van der Waals surface area contributed by atoms with Crippen LogP contribution in [0.25, 0.3) is 0 Å². The molecule has 1 fully saturated rings. The van der Waals surface area contributed by atoms with Gasteiger partial charge in [0.2, 0.25) is 0 Å². The number of aromatic nitrogens is 2. The molecular weight excluding hydrogens is 421 g/mol. The summed E-state index contributed by atoms with van der Waals surface area (Å²) in [5, 5.41) is 0. The van der Waals surface area contributed by atoms with E-state index in [1.807, 2.05) is 22.6 Å². The summed E-state index contributed by atoms with van der Waals surface area (Å²) in [7, 11) is 0. The number of halogens is 1. The first-order chi connectivity index (χ1) is 10.8. The third-order valence-corrected chi connectivity index (χ3v) is 3.97. The van der Waals surface area contributed by atoms with Crippen LogP contribution in [-0.2, 0) is 23.8 Å². The molecule has 2 rings (SSSR count). The second kappa shape index (κ2) is 7.25. The summed E-state index contributed by atoms with van der Waals surface area (Å²) in [6.45, 7) is 2.56. The second-order valence-corrected chi connectivity index (χ2v) is 6.16. The molecule has 126 valence electrons. The minimum Gasteiger partial charge on any atom is -0.463 e. The first kappa shape index (κ1) is 17.7. The fourth-order valence-electron chi connectivity index (χ4n) is 2.24. The monoisotopic (exact) mass is 437 g/mol. The highest BCUT2D eigenvalue weighted by molar-refractivity contribution is 14.1. The van der Waals surface area contributed by atoms with E-state index in [9.17, 15) is 14.4 Å². The zero-order valence-electron chi connectivity index (χ0n) is 12.5. The lowest BCUT2D eigenvalue weighted by atomic mass is 10.2. The van der Waals surface area contributed by atoms with Gasteiger partial charge in [-0.15, -0.1) is 0 Å². The summed E-state index contributed by atoms with van der Waals surface area (Å²) in [5.74, 6) is -0.824. The Balaban J connectivity index is 2.26. The van der Waals surface area contributed by atoms with Crippen molar-refractivity contribution in [2.24, 2.45) is 0 Å². The minimum atomic E-state index is -0.853. The zero-order valence-corrected chi connectivity index (χ0v) is 14.7. The molecule has 0 amide bonds. The molecule has 1 saturated heterocycles. The molecule has 10 heteroatoms. The number of hydrogen-bond donors (Lipinski definition) is 1. The van der Waals surface area contributed by atoms with Gasteiger partial charge >= 0.3 is 17.6 Å². The fourth-order valence-corrected chi connectivity index (χ4v) is 2.66. The van der Waals surface area contributed by atoms with Crippen LogP contribution in [0.5, 0.6) is 0 Å². The molecule has 0 saturated carbocycles. The molecule has 0 unspecified atom stereocenters. The van der Waals surface area contributed by atoms with Gasteiger partial charge in [0.1, 0.15) is 18.5 Å². The van der Waals surface area contributed by atoms with Gasteiger partial charge in [-0.2, -0.15) is 4.98 Å². The lowest BCUT2D eigenvalue weighted by molar-refractivity contribution is -0.153. The first-order valence-corrected chi connectivity index (χ1v) is 7.86. The zero-order chi connectivity index (χ0) is 17.1. The van der Waals surface area contributed by atoms with Crippen LogP contribution in [-0.4, -0.2) is 40.3 Å². The van der Waals surface area contributed by atoms with Gasteiger partial charge in [-0.05, 0) is 22.6 Å². The summed E-state index contributed by atoms with van der Waals surface area (Å²) in [4.78, 5) is 37.9. The van der Waals surface area contributed by atoms with Gasteiger partial charge in [0.25, 0.3) is 0 Å². The molecule has 0 aliphatic carbocycles. The van der Waals surface area contributed by atoms with Crippen LogP contribution in [0.15, 0.2) is 11.0 Å². The summed E-state index contributed by atoms with van der Waals surface area (Å²) in [6, 6.07) is 0. The van der Waals surface area contributed by atoms with Crippen molar-refractivity contribution in [3.05, 3.63) is 20.3 Å². The molecule has 1 aliphatic heterocycles. The Morgan fingerprint density at radius 1 is 1.48 bits per heavy atom. The summed E-state index contributed by atoms with van der Waals surface area (Å²) >= 11 is 1.94. The van der Waals surface area contributed by atoms with Crippen molar-refractivity contribution in [2.45, 2.75) is 38.7 Å². The molecule has 0 spiro atoms. The average Bonchev–Trinajstić information content (AvgIpc) is 2.82. The molecule has 2 N–H and O–H groups in total. The Bertz CT molecular complexity index is 676. The van der Waals surface area contributed by atoms with Crippen LogP contribution in [0, 0.1) is 3.57 Å². The number of carbonyl (C=O) groups is 2. The van der Waals surface area contributed by atoms with E-state index >= 15 is 0 Å². The van der Waals surface area contributed by atoms with Crippen molar-refractivity contribution in [1.29, 1.82) is 0 Å². The van der Waals surface area contributed by atoms with E-state index in [0.29, 0.717) is 9.99 Å². The van der Waals surface area contributed by atoms with E-state index in [1.54, 1.807) is 0 Å². The summed E-state index contributed by atoms with van der Waals surface area (Å²) in [6.07, 6.45) is -0.248. The van der Waals surface area contributed by atoms with E-state index in [4.69, 9.17) is 19.9 Å². The van der Waals surface area contributed by atoms with Gasteiger partial charge in [-0.3, -0.25) is 14.2 Å². The third-order valence-electron chi connectivity index (χ3n) is 3.14. The maximum Gasteiger partial charge on any atom is 0.351 e.